The van der Waals surface area contributed by atoms with E-state index in [-0.39, 0.29) is 0 Å². The number of fused-ring (bicyclic) bond motifs is 3. The smallest absolute Gasteiger partial charge is 0.227 e. The molecule has 240 valence electrons. The van der Waals surface area contributed by atoms with E-state index >= 15 is 0 Å². The fourth-order valence-electron chi connectivity index (χ4n) is 7.31. The van der Waals surface area contributed by atoms with Crippen LogP contribution >= 0.6 is 0 Å². The molecule has 3 nitrogen and oxygen atoms in total. The van der Waals surface area contributed by atoms with Crippen LogP contribution in [-0.2, 0) is 0 Å². The Morgan fingerprint density at radius 2 is 1.26 bits per heavy atom. The second kappa shape index (κ2) is 13.0. The monoisotopic (exact) mass is 644 g/mol. The first-order chi connectivity index (χ1) is 24.8. The van der Waals surface area contributed by atoms with Crippen LogP contribution in [0, 0.1) is 5.92 Å². The van der Waals surface area contributed by atoms with E-state index in [0.29, 0.717) is 11.8 Å². The molecule has 6 aromatic carbocycles. The maximum absolute atomic E-state index is 6.19. The van der Waals surface area contributed by atoms with Gasteiger partial charge in [0.05, 0.1) is 0 Å². The molecule has 3 heteroatoms. The van der Waals surface area contributed by atoms with Crippen LogP contribution < -0.4 is 4.90 Å². The summed E-state index contributed by atoms with van der Waals surface area (Å²) in [5, 5.41) is 2.24. The number of hydrogen-bond donors (Lipinski definition) is 0. The Bertz CT molecular complexity index is 2430. The van der Waals surface area contributed by atoms with E-state index in [2.05, 4.69) is 144 Å². The molecule has 0 saturated heterocycles. The number of oxazole rings is 1. The Balaban J connectivity index is 1.07. The number of aromatic nitrogens is 1. The highest BCUT2D eigenvalue weighted by molar-refractivity contribution is 6.09. The highest BCUT2D eigenvalue weighted by Crippen LogP contribution is 2.39. The fourth-order valence-corrected chi connectivity index (χ4v) is 7.31. The average Bonchev–Trinajstić information content (AvgIpc) is 3.65. The van der Waals surface area contributed by atoms with Crippen molar-refractivity contribution in [3.8, 4) is 33.7 Å². The van der Waals surface area contributed by atoms with Crippen LogP contribution in [0.3, 0.4) is 0 Å². The minimum Gasteiger partial charge on any atom is -0.436 e. The van der Waals surface area contributed by atoms with Gasteiger partial charge >= 0.3 is 0 Å². The molecule has 50 heavy (non-hydrogen) atoms. The summed E-state index contributed by atoms with van der Waals surface area (Å²) in [6.07, 6.45) is 17.3. The van der Waals surface area contributed by atoms with Crippen LogP contribution in [-0.4, -0.2) is 4.98 Å². The van der Waals surface area contributed by atoms with Crippen molar-refractivity contribution in [2.75, 3.05) is 4.90 Å². The molecular weight excluding hydrogens is 609 g/mol. The van der Waals surface area contributed by atoms with Crippen LogP contribution in [0.1, 0.15) is 19.3 Å². The fraction of sp³-hybridized carbons (Fsp3) is 0.0851. The zero-order chi connectivity index (χ0) is 33.3. The van der Waals surface area contributed by atoms with Crippen molar-refractivity contribution in [2.45, 2.75) is 19.3 Å². The molecule has 0 bridgehead atoms. The lowest BCUT2D eigenvalue weighted by Gasteiger charge is -2.30. The number of benzene rings is 6. The molecule has 1 aromatic heterocycles. The van der Waals surface area contributed by atoms with Gasteiger partial charge in [-0.05, 0) is 107 Å². The topological polar surface area (TPSA) is 29.3 Å². The highest BCUT2D eigenvalue weighted by Gasteiger charge is 2.20. The van der Waals surface area contributed by atoms with Gasteiger partial charge in [-0.3, -0.25) is 0 Å². The van der Waals surface area contributed by atoms with Gasteiger partial charge in [0.2, 0.25) is 5.89 Å². The Hall–Kier alpha value is -6.19. The number of rotatable bonds is 7. The number of nitrogens with zero attached hydrogens (tertiary/aromatic N) is 2. The predicted molar refractivity (Wildman–Crippen MR) is 208 cm³/mol. The zero-order valence-corrected chi connectivity index (χ0v) is 27.7. The summed E-state index contributed by atoms with van der Waals surface area (Å²) in [4.78, 5) is 7.31. The quantitative estimate of drug-likeness (QED) is 0.173. The van der Waals surface area contributed by atoms with Gasteiger partial charge < -0.3 is 9.32 Å². The average molecular weight is 645 g/mol. The lowest BCUT2D eigenvalue weighted by molar-refractivity contribution is 0.620. The van der Waals surface area contributed by atoms with Crippen molar-refractivity contribution in [3.63, 3.8) is 0 Å². The van der Waals surface area contributed by atoms with E-state index in [0.717, 1.165) is 63.6 Å². The van der Waals surface area contributed by atoms with Crippen molar-refractivity contribution in [2.24, 2.45) is 5.92 Å². The van der Waals surface area contributed by atoms with Gasteiger partial charge in [0.1, 0.15) is 5.52 Å². The van der Waals surface area contributed by atoms with Crippen molar-refractivity contribution >= 4 is 33.2 Å². The van der Waals surface area contributed by atoms with E-state index < -0.39 is 0 Å². The van der Waals surface area contributed by atoms with Crippen LogP contribution in [0.15, 0.2) is 192 Å². The van der Waals surface area contributed by atoms with Crippen LogP contribution in [0.4, 0.5) is 11.4 Å². The summed E-state index contributed by atoms with van der Waals surface area (Å²) >= 11 is 0. The summed E-state index contributed by atoms with van der Waals surface area (Å²) in [7, 11) is 0. The summed E-state index contributed by atoms with van der Waals surface area (Å²) in [5.74, 6) is 1.07. The third kappa shape index (κ3) is 5.67. The van der Waals surface area contributed by atoms with E-state index in [1.165, 1.54) is 28.0 Å². The molecule has 0 amide bonds. The van der Waals surface area contributed by atoms with Gasteiger partial charge in [0.15, 0.2) is 5.58 Å². The number of allylic oxidation sites excluding steroid dienone is 7. The third-order valence-electron chi connectivity index (χ3n) is 9.90. The zero-order valence-electron chi connectivity index (χ0n) is 27.7. The highest BCUT2D eigenvalue weighted by atomic mass is 16.3. The predicted octanol–water partition coefficient (Wildman–Crippen LogP) is 12.9. The van der Waals surface area contributed by atoms with Gasteiger partial charge in [-0.1, -0.05) is 121 Å². The first-order valence-electron chi connectivity index (χ1n) is 17.5. The molecule has 1 heterocycles. The van der Waals surface area contributed by atoms with E-state index in [4.69, 9.17) is 9.40 Å². The molecule has 0 radical (unpaired) electrons. The Morgan fingerprint density at radius 3 is 1.94 bits per heavy atom. The molecule has 0 saturated carbocycles. The molecule has 0 fully saturated rings. The van der Waals surface area contributed by atoms with Gasteiger partial charge in [-0.15, -0.1) is 0 Å². The lowest BCUT2D eigenvalue weighted by Crippen LogP contribution is -2.18. The summed E-state index contributed by atoms with van der Waals surface area (Å²) < 4.78 is 6.19. The Labute approximate surface area is 292 Å². The molecule has 0 spiro atoms. The largest absolute Gasteiger partial charge is 0.436 e. The normalized spacial score (nSPS) is 15.6. The Morgan fingerprint density at radius 1 is 0.560 bits per heavy atom. The first-order valence-corrected chi connectivity index (χ1v) is 17.5. The number of hydrogen-bond acceptors (Lipinski definition) is 3. The molecular formula is C47H36N2O. The molecule has 2 aliphatic carbocycles. The summed E-state index contributed by atoms with van der Waals surface area (Å²) in [5.41, 5.74) is 12.3. The van der Waals surface area contributed by atoms with Crippen LogP contribution in [0.5, 0.6) is 0 Å². The van der Waals surface area contributed by atoms with Gasteiger partial charge in [0, 0.05) is 33.9 Å². The summed E-state index contributed by atoms with van der Waals surface area (Å²) in [6, 6.07) is 49.2. The van der Waals surface area contributed by atoms with Gasteiger partial charge in [-0.25, -0.2) is 4.98 Å². The minimum absolute atomic E-state index is 0.422. The SMILES string of the molecule is C1=CC(C2C=CC(N(c3ccc(-c4ccccc4)cc3)c3ccc(-c4cccc5c4ccc4oc(-c6ccccc6)nc45)cc3)=CC2)=CCC1. The number of anilines is 2. The van der Waals surface area contributed by atoms with E-state index in [1.807, 2.05) is 36.4 Å². The Kier molecular flexibility index (Phi) is 7.79. The van der Waals surface area contributed by atoms with Crippen molar-refractivity contribution < 1.29 is 4.42 Å². The summed E-state index contributed by atoms with van der Waals surface area (Å²) in [6.45, 7) is 0. The van der Waals surface area contributed by atoms with E-state index in [1.54, 1.807) is 0 Å². The van der Waals surface area contributed by atoms with Crippen molar-refractivity contribution in [3.05, 3.63) is 187 Å². The molecule has 1 atom stereocenters. The molecule has 0 N–H and O–H groups in total. The molecule has 1 unspecified atom stereocenters. The molecule has 7 aromatic rings. The molecule has 2 aliphatic rings. The first kappa shape index (κ1) is 29.9. The maximum Gasteiger partial charge on any atom is 0.227 e. The van der Waals surface area contributed by atoms with Crippen molar-refractivity contribution in [1.82, 2.24) is 4.98 Å². The van der Waals surface area contributed by atoms with Crippen LogP contribution in [0.2, 0.25) is 0 Å². The standard InChI is InChI=1S/C47H36N2O/c1-4-11-33(12-5-1)35-19-25-39(26-20-35)49(40-27-21-36(22-28-40)34-13-6-2-7-14-34)41-29-23-37(24-30-41)42-17-10-18-44-43(42)31-32-45-46(44)48-47(50-45)38-15-8-3-9-16-38/h1,3-6,8-21,23-32,36H,2,7,22H2. The van der Waals surface area contributed by atoms with Gasteiger partial charge in [0.25, 0.3) is 0 Å². The van der Waals surface area contributed by atoms with Crippen LogP contribution in [0.25, 0.3) is 55.6 Å². The molecule has 0 aliphatic heterocycles. The second-order valence-electron chi connectivity index (χ2n) is 13.0. The second-order valence-corrected chi connectivity index (χ2v) is 13.0. The lowest BCUT2D eigenvalue weighted by atomic mass is 9.88. The third-order valence-corrected chi connectivity index (χ3v) is 9.90. The van der Waals surface area contributed by atoms with Gasteiger partial charge in [-0.2, -0.15) is 0 Å². The van der Waals surface area contributed by atoms with E-state index in [9.17, 15) is 0 Å². The van der Waals surface area contributed by atoms with Crippen molar-refractivity contribution in [1.29, 1.82) is 0 Å². The maximum atomic E-state index is 6.19. The molecule has 9 rings (SSSR count). The minimum atomic E-state index is 0.422.